The molecule has 0 spiro atoms. The summed E-state index contributed by atoms with van der Waals surface area (Å²) in [6.45, 7) is 7.77. The lowest BCUT2D eigenvalue weighted by atomic mass is 9.92. The van der Waals surface area contributed by atoms with Gasteiger partial charge in [0, 0.05) is 0 Å². The van der Waals surface area contributed by atoms with Crippen molar-refractivity contribution in [2.24, 2.45) is 5.41 Å². The van der Waals surface area contributed by atoms with E-state index in [1.807, 2.05) is 5.32 Å². The summed E-state index contributed by atoms with van der Waals surface area (Å²) in [6.07, 6.45) is -2.76. The highest BCUT2D eigenvalue weighted by Gasteiger charge is 2.42. The van der Waals surface area contributed by atoms with E-state index in [0.717, 1.165) is 0 Å². The van der Waals surface area contributed by atoms with E-state index in [1.54, 1.807) is 58.9 Å². The second-order valence-corrected chi connectivity index (χ2v) is 8.85. The second kappa shape index (κ2) is 8.61. The summed E-state index contributed by atoms with van der Waals surface area (Å²) < 4.78 is 46.0. The van der Waals surface area contributed by atoms with Gasteiger partial charge in [-0.3, -0.25) is 4.79 Å². The van der Waals surface area contributed by atoms with Crippen LogP contribution in [0, 0.1) is 5.41 Å². The first-order valence-electron chi connectivity index (χ1n) is 9.61. The van der Waals surface area contributed by atoms with Gasteiger partial charge in [0.05, 0.1) is 5.41 Å². The second-order valence-electron chi connectivity index (χ2n) is 8.85. The van der Waals surface area contributed by atoms with Gasteiger partial charge in [-0.05, 0) is 68.7 Å². The van der Waals surface area contributed by atoms with E-state index in [2.05, 4.69) is 0 Å². The molecule has 0 fully saturated rings. The van der Waals surface area contributed by atoms with Gasteiger partial charge in [0.2, 0.25) is 0 Å². The zero-order valence-corrected chi connectivity index (χ0v) is 18.0. The highest BCUT2D eigenvalue weighted by molar-refractivity contribution is 5.86. The van der Waals surface area contributed by atoms with E-state index in [4.69, 9.17) is 4.74 Å². The lowest BCUT2D eigenvalue weighted by Crippen LogP contribution is -2.41. The van der Waals surface area contributed by atoms with E-state index in [0.29, 0.717) is 16.3 Å². The lowest BCUT2D eigenvalue weighted by molar-refractivity contribution is -0.157. The lowest BCUT2D eigenvalue weighted by Gasteiger charge is -2.25. The zero-order chi connectivity index (χ0) is 23.6. The van der Waals surface area contributed by atoms with E-state index in [-0.39, 0.29) is 5.56 Å². The summed E-state index contributed by atoms with van der Waals surface area (Å²) in [5.41, 5.74) is -1.52. The zero-order valence-electron chi connectivity index (χ0n) is 18.0. The number of ether oxygens (including phenoxy) is 1. The minimum atomic E-state index is -4.73. The van der Waals surface area contributed by atoms with Crippen LogP contribution in [-0.2, 0) is 9.53 Å². The van der Waals surface area contributed by atoms with Gasteiger partial charge in [0.25, 0.3) is 0 Å². The number of carbonyl (C=O) groups is 2. The number of carboxylic acids is 1. The molecule has 2 aromatic rings. The smallest absolute Gasteiger partial charge is 0.412 e. The van der Waals surface area contributed by atoms with Gasteiger partial charge in [-0.2, -0.15) is 13.2 Å². The molecule has 0 radical (unpaired) electrons. The summed E-state index contributed by atoms with van der Waals surface area (Å²) in [7, 11) is 0. The average molecular weight is 437 g/mol. The molecule has 2 N–H and O–H groups in total. The summed E-state index contributed by atoms with van der Waals surface area (Å²) in [4.78, 5) is 23.2. The highest BCUT2D eigenvalue weighted by Crippen LogP contribution is 2.34. The Hall–Kier alpha value is -3.03. The number of carboxylic acid groups (broad SMARTS) is 1. The number of alkyl carbamates (subject to hydrolysis) is 1. The molecule has 0 bridgehead atoms. The molecule has 0 aromatic heterocycles. The third kappa shape index (κ3) is 6.73. The molecule has 168 valence electrons. The predicted molar refractivity (Wildman–Crippen MR) is 113 cm³/mol. The van der Waals surface area contributed by atoms with Crippen molar-refractivity contribution in [1.82, 2.24) is 5.32 Å². The standard InChI is InChI=1S/C23H26F3NO4/c1-21(2,3)31-20(30)27-18(23(24,25)26)16-9-8-15-7-6-14(12-17(15)13-16)10-11-22(4,5)19(28)29/h6-13,18H,1-5H3,(H,27,30)(H,28,29)/t18-/m0/s1. The van der Waals surface area contributed by atoms with Gasteiger partial charge in [-0.25, -0.2) is 4.79 Å². The van der Waals surface area contributed by atoms with Crippen LogP contribution in [0.2, 0.25) is 0 Å². The maximum absolute atomic E-state index is 13.7. The monoisotopic (exact) mass is 437 g/mol. The van der Waals surface area contributed by atoms with E-state index in [9.17, 15) is 27.9 Å². The van der Waals surface area contributed by atoms with Gasteiger partial charge in [0.1, 0.15) is 5.60 Å². The fourth-order valence-corrected chi connectivity index (χ4v) is 2.72. The maximum Gasteiger partial charge on any atom is 0.412 e. The summed E-state index contributed by atoms with van der Waals surface area (Å²) in [5.74, 6) is -0.993. The van der Waals surface area contributed by atoms with Gasteiger partial charge < -0.3 is 15.2 Å². The molecule has 0 saturated carbocycles. The van der Waals surface area contributed by atoms with Crippen LogP contribution in [0.4, 0.5) is 18.0 Å². The van der Waals surface area contributed by atoms with Crippen molar-refractivity contribution in [1.29, 1.82) is 0 Å². The number of fused-ring (bicyclic) bond motifs is 1. The molecule has 2 rings (SSSR count). The molecule has 5 nitrogen and oxygen atoms in total. The predicted octanol–water partition coefficient (Wildman–Crippen LogP) is 6.09. The minimum absolute atomic E-state index is 0.141. The maximum atomic E-state index is 13.7. The Balaban J connectivity index is 2.40. The Labute approximate surface area is 178 Å². The number of alkyl halides is 3. The molecule has 0 heterocycles. The van der Waals surface area contributed by atoms with Gasteiger partial charge in [-0.1, -0.05) is 36.4 Å². The number of halogens is 3. The van der Waals surface area contributed by atoms with Crippen molar-refractivity contribution < 1.29 is 32.6 Å². The van der Waals surface area contributed by atoms with Crippen LogP contribution in [0.1, 0.15) is 51.8 Å². The Morgan fingerprint density at radius 3 is 2.16 bits per heavy atom. The average Bonchev–Trinajstić information content (AvgIpc) is 2.61. The molecular weight excluding hydrogens is 411 g/mol. The molecule has 0 aliphatic rings. The number of benzene rings is 2. The fraction of sp³-hybridized carbons (Fsp3) is 0.391. The normalized spacial score (nSPS) is 13.9. The number of amides is 1. The van der Waals surface area contributed by atoms with Crippen molar-refractivity contribution in [2.75, 3.05) is 0 Å². The highest BCUT2D eigenvalue weighted by atomic mass is 19.4. The summed E-state index contributed by atoms with van der Waals surface area (Å²) in [5, 5.41) is 12.3. The molecule has 2 aromatic carbocycles. The topological polar surface area (TPSA) is 75.6 Å². The number of aliphatic carboxylic acids is 1. The molecule has 1 amide bonds. The largest absolute Gasteiger partial charge is 0.481 e. The molecular formula is C23H26F3NO4. The van der Waals surface area contributed by atoms with Gasteiger partial charge >= 0.3 is 18.2 Å². The summed E-state index contributed by atoms with van der Waals surface area (Å²) in [6, 6.07) is 7.10. The number of carbonyl (C=O) groups excluding carboxylic acids is 1. The molecule has 8 heteroatoms. The van der Waals surface area contributed by atoms with Crippen molar-refractivity contribution in [3.05, 3.63) is 53.6 Å². The van der Waals surface area contributed by atoms with Crippen LogP contribution in [0.5, 0.6) is 0 Å². The number of hydrogen-bond acceptors (Lipinski definition) is 3. The summed E-state index contributed by atoms with van der Waals surface area (Å²) >= 11 is 0. The van der Waals surface area contributed by atoms with Crippen molar-refractivity contribution >= 4 is 28.9 Å². The molecule has 0 unspecified atom stereocenters. The van der Waals surface area contributed by atoms with Crippen LogP contribution in [0.15, 0.2) is 42.5 Å². The molecule has 0 saturated heterocycles. The van der Waals surface area contributed by atoms with Gasteiger partial charge in [-0.15, -0.1) is 0 Å². The van der Waals surface area contributed by atoms with E-state index < -0.39 is 35.3 Å². The number of rotatable bonds is 5. The first kappa shape index (κ1) is 24.2. The first-order valence-corrected chi connectivity index (χ1v) is 9.61. The quantitative estimate of drug-likeness (QED) is 0.593. The number of nitrogens with one attached hydrogen (secondary N) is 1. The third-order valence-corrected chi connectivity index (χ3v) is 4.45. The van der Waals surface area contributed by atoms with Crippen LogP contribution < -0.4 is 5.32 Å². The molecule has 1 atom stereocenters. The fourth-order valence-electron chi connectivity index (χ4n) is 2.72. The minimum Gasteiger partial charge on any atom is -0.481 e. The first-order chi connectivity index (χ1) is 14.1. The number of hydrogen-bond donors (Lipinski definition) is 2. The Bertz CT molecular complexity index is 1000. The Morgan fingerprint density at radius 2 is 1.61 bits per heavy atom. The van der Waals surface area contributed by atoms with Crippen LogP contribution in [-0.4, -0.2) is 28.9 Å². The molecule has 31 heavy (non-hydrogen) atoms. The van der Waals surface area contributed by atoms with E-state index in [1.165, 1.54) is 24.3 Å². The van der Waals surface area contributed by atoms with Gasteiger partial charge in [0.15, 0.2) is 6.04 Å². The van der Waals surface area contributed by atoms with Crippen LogP contribution >= 0.6 is 0 Å². The van der Waals surface area contributed by atoms with Crippen molar-refractivity contribution in [3.8, 4) is 0 Å². The third-order valence-electron chi connectivity index (χ3n) is 4.45. The van der Waals surface area contributed by atoms with Crippen molar-refractivity contribution in [2.45, 2.75) is 52.4 Å². The van der Waals surface area contributed by atoms with Crippen LogP contribution in [0.25, 0.3) is 16.8 Å². The van der Waals surface area contributed by atoms with Crippen molar-refractivity contribution in [3.63, 3.8) is 0 Å². The molecule has 0 aliphatic carbocycles. The SMILES string of the molecule is CC(C)(C)OC(=O)N[C@@H](c1ccc2ccc(C=CC(C)(C)C(=O)O)cc2c1)C(F)(F)F. The van der Waals surface area contributed by atoms with E-state index >= 15 is 0 Å². The van der Waals surface area contributed by atoms with Crippen LogP contribution in [0.3, 0.4) is 0 Å². The molecule has 0 aliphatic heterocycles. The Morgan fingerprint density at radius 1 is 1.00 bits per heavy atom. The Kier molecular flexibility index (Phi) is 6.73.